The number of halogens is 1. The van der Waals surface area contributed by atoms with E-state index in [0.717, 1.165) is 16.1 Å². The summed E-state index contributed by atoms with van der Waals surface area (Å²) in [5.74, 6) is -0.378. The van der Waals surface area contributed by atoms with Crippen molar-refractivity contribution in [3.05, 3.63) is 65.2 Å². The van der Waals surface area contributed by atoms with Gasteiger partial charge in [-0.1, -0.05) is 41.9 Å². The van der Waals surface area contributed by atoms with E-state index in [0.29, 0.717) is 10.7 Å². The van der Waals surface area contributed by atoms with Gasteiger partial charge in [-0.3, -0.25) is 9.10 Å². The van der Waals surface area contributed by atoms with E-state index in [2.05, 4.69) is 5.32 Å². The zero-order valence-corrected chi connectivity index (χ0v) is 15.9. The molecule has 0 aliphatic carbocycles. The number of carbonyl (C=O) groups is 1. The van der Waals surface area contributed by atoms with Crippen LogP contribution in [0.1, 0.15) is 25.5 Å². The Morgan fingerprint density at radius 3 is 2.12 bits per heavy atom. The van der Waals surface area contributed by atoms with E-state index in [9.17, 15) is 13.2 Å². The molecule has 5 nitrogen and oxygen atoms in total. The van der Waals surface area contributed by atoms with Crippen LogP contribution in [-0.2, 0) is 14.8 Å². The van der Waals surface area contributed by atoms with Crippen LogP contribution in [0.4, 0.5) is 5.69 Å². The lowest BCUT2D eigenvalue weighted by atomic mass is 10.1. The minimum absolute atomic E-state index is 0.234. The molecule has 0 saturated heterocycles. The number of carbonyl (C=O) groups excluding carboxylic acids is 1. The van der Waals surface area contributed by atoms with Gasteiger partial charge in [-0.25, -0.2) is 8.42 Å². The third-order valence-corrected chi connectivity index (χ3v) is 5.32. The smallest absolute Gasteiger partial charge is 0.244 e. The van der Waals surface area contributed by atoms with E-state index in [1.165, 1.54) is 0 Å². The first-order valence-corrected chi connectivity index (χ1v) is 10.0. The van der Waals surface area contributed by atoms with Crippen molar-refractivity contribution in [3.63, 3.8) is 0 Å². The fraction of sp³-hybridized carbons (Fsp3) is 0.278. The molecule has 2 atom stereocenters. The van der Waals surface area contributed by atoms with Gasteiger partial charge in [-0.2, -0.15) is 0 Å². The van der Waals surface area contributed by atoms with Gasteiger partial charge < -0.3 is 5.32 Å². The summed E-state index contributed by atoms with van der Waals surface area (Å²) in [6.07, 6.45) is 1.08. The van der Waals surface area contributed by atoms with E-state index < -0.39 is 16.1 Å². The maximum absolute atomic E-state index is 12.6. The summed E-state index contributed by atoms with van der Waals surface area (Å²) in [7, 11) is -3.65. The Morgan fingerprint density at radius 2 is 1.60 bits per heavy atom. The van der Waals surface area contributed by atoms with Crippen LogP contribution in [0.25, 0.3) is 0 Å². The van der Waals surface area contributed by atoms with Crippen molar-refractivity contribution in [2.45, 2.75) is 25.9 Å². The summed E-state index contributed by atoms with van der Waals surface area (Å²) < 4.78 is 25.6. The third kappa shape index (κ3) is 4.96. The van der Waals surface area contributed by atoms with Crippen LogP contribution in [0.5, 0.6) is 0 Å². The summed E-state index contributed by atoms with van der Waals surface area (Å²) in [6, 6.07) is 14.7. The molecule has 0 aromatic heterocycles. The number of sulfonamides is 1. The minimum atomic E-state index is -3.65. The molecule has 1 N–H and O–H groups in total. The second-order valence-electron chi connectivity index (χ2n) is 5.85. The molecule has 2 aromatic carbocycles. The highest BCUT2D eigenvalue weighted by Gasteiger charge is 2.29. The lowest BCUT2D eigenvalue weighted by Gasteiger charge is -2.29. The van der Waals surface area contributed by atoms with Crippen LogP contribution in [0.2, 0.25) is 5.02 Å². The lowest BCUT2D eigenvalue weighted by molar-refractivity contribution is -0.122. The second kappa shape index (κ2) is 7.89. The van der Waals surface area contributed by atoms with Gasteiger partial charge in [0, 0.05) is 5.02 Å². The number of amides is 1. The molecule has 0 saturated carbocycles. The topological polar surface area (TPSA) is 66.5 Å². The van der Waals surface area contributed by atoms with Gasteiger partial charge >= 0.3 is 0 Å². The number of nitrogens with one attached hydrogen (secondary N) is 1. The Hall–Kier alpha value is -2.05. The fourth-order valence-electron chi connectivity index (χ4n) is 2.56. The highest BCUT2D eigenvalue weighted by molar-refractivity contribution is 7.92. The Balaban J connectivity index is 2.23. The van der Waals surface area contributed by atoms with Crippen molar-refractivity contribution < 1.29 is 13.2 Å². The molecule has 0 heterocycles. The zero-order chi connectivity index (χ0) is 18.6. The van der Waals surface area contributed by atoms with Crippen molar-refractivity contribution in [1.82, 2.24) is 5.32 Å². The molecule has 2 rings (SSSR count). The standard InChI is InChI=1S/C18H21ClN2O3S/c1-13(15-7-5-4-6-8-15)20-18(22)14(2)21(25(3,23)24)17-11-9-16(19)10-12-17/h4-14H,1-3H3,(H,20,22)/t13-,14+/m0/s1. The number of benzene rings is 2. The van der Waals surface area contributed by atoms with Gasteiger partial charge in [0.05, 0.1) is 18.0 Å². The van der Waals surface area contributed by atoms with Crippen molar-refractivity contribution in [3.8, 4) is 0 Å². The number of rotatable bonds is 6. The molecule has 0 aliphatic heterocycles. The molecule has 0 fully saturated rings. The van der Waals surface area contributed by atoms with Crippen LogP contribution in [0, 0.1) is 0 Å². The van der Waals surface area contributed by atoms with Crippen LogP contribution in [0.15, 0.2) is 54.6 Å². The molecule has 0 radical (unpaired) electrons. The van der Waals surface area contributed by atoms with E-state index >= 15 is 0 Å². The van der Waals surface area contributed by atoms with Gasteiger partial charge in [0.1, 0.15) is 6.04 Å². The number of hydrogen-bond donors (Lipinski definition) is 1. The Kier molecular flexibility index (Phi) is 6.08. The van der Waals surface area contributed by atoms with Crippen molar-refractivity contribution >= 4 is 33.2 Å². The molecule has 0 bridgehead atoms. The average Bonchev–Trinajstić information content (AvgIpc) is 2.56. The number of anilines is 1. The largest absolute Gasteiger partial charge is 0.348 e. The predicted molar refractivity (Wildman–Crippen MR) is 101 cm³/mol. The van der Waals surface area contributed by atoms with Crippen molar-refractivity contribution in [2.24, 2.45) is 0 Å². The third-order valence-electron chi connectivity index (χ3n) is 3.83. The monoisotopic (exact) mass is 380 g/mol. The summed E-state index contributed by atoms with van der Waals surface area (Å²) in [6.45, 7) is 3.41. The minimum Gasteiger partial charge on any atom is -0.348 e. The lowest BCUT2D eigenvalue weighted by Crippen LogP contribution is -2.48. The van der Waals surface area contributed by atoms with Gasteiger partial charge in [-0.05, 0) is 43.7 Å². The summed E-state index contributed by atoms with van der Waals surface area (Å²) in [5.41, 5.74) is 1.34. The molecule has 1 amide bonds. The van der Waals surface area contributed by atoms with Crippen LogP contribution in [-0.4, -0.2) is 26.6 Å². The summed E-state index contributed by atoms with van der Waals surface area (Å²) >= 11 is 5.86. The fourth-order valence-corrected chi connectivity index (χ4v) is 3.86. The first kappa shape index (κ1) is 19.3. The molecule has 25 heavy (non-hydrogen) atoms. The maximum Gasteiger partial charge on any atom is 0.244 e. The average molecular weight is 381 g/mol. The summed E-state index contributed by atoms with van der Waals surface area (Å²) in [4.78, 5) is 12.6. The second-order valence-corrected chi connectivity index (χ2v) is 8.15. The van der Waals surface area contributed by atoms with Gasteiger partial charge in [0.2, 0.25) is 15.9 Å². The molecule has 134 valence electrons. The molecular weight excluding hydrogens is 360 g/mol. The highest BCUT2D eigenvalue weighted by atomic mass is 35.5. The van der Waals surface area contributed by atoms with Crippen LogP contribution in [0.3, 0.4) is 0 Å². The number of nitrogens with zero attached hydrogens (tertiary/aromatic N) is 1. The zero-order valence-electron chi connectivity index (χ0n) is 14.3. The van der Waals surface area contributed by atoms with Gasteiger partial charge in [-0.15, -0.1) is 0 Å². The van der Waals surface area contributed by atoms with Gasteiger partial charge in [0.15, 0.2) is 0 Å². The molecular formula is C18H21ClN2O3S. The van der Waals surface area contributed by atoms with Crippen LogP contribution >= 0.6 is 11.6 Å². The van der Waals surface area contributed by atoms with Crippen LogP contribution < -0.4 is 9.62 Å². The van der Waals surface area contributed by atoms with E-state index in [4.69, 9.17) is 11.6 Å². The quantitative estimate of drug-likeness (QED) is 0.835. The normalized spacial score (nSPS) is 13.8. The van der Waals surface area contributed by atoms with E-state index in [-0.39, 0.29) is 11.9 Å². The number of hydrogen-bond acceptors (Lipinski definition) is 3. The first-order chi connectivity index (χ1) is 11.7. The molecule has 0 aliphatic rings. The molecule has 2 aromatic rings. The Bertz CT molecular complexity index is 823. The Morgan fingerprint density at radius 1 is 1.04 bits per heavy atom. The first-order valence-electron chi connectivity index (χ1n) is 7.80. The highest BCUT2D eigenvalue weighted by Crippen LogP contribution is 2.23. The van der Waals surface area contributed by atoms with Crippen molar-refractivity contribution in [2.75, 3.05) is 10.6 Å². The van der Waals surface area contributed by atoms with Gasteiger partial charge in [0.25, 0.3) is 0 Å². The van der Waals surface area contributed by atoms with Crippen molar-refractivity contribution in [1.29, 1.82) is 0 Å². The molecule has 7 heteroatoms. The maximum atomic E-state index is 12.6. The van der Waals surface area contributed by atoms with E-state index in [1.807, 2.05) is 37.3 Å². The SMILES string of the molecule is C[C@H](NC(=O)[C@@H](C)N(c1ccc(Cl)cc1)S(C)(=O)=O)c1ccccc1. The Labute approximate surface area is 153 Å². The summed E-state index contributed by atoms with van der Waals surface area (Å²) in [5, 5.41) is 3.35. The predicted octanol–water partition coefficient (Wildman–Crippen LogP) is 3.37. The molecule has 0 unspecified atom stereocenters. The molecule has 0 spiro atoms. The van der Waals surface area contributed by atoms with E-state index in [1.54, 1.807) is 31.2 Å².